The number of nitrogens with one attached hydrogen (secondary N) is 2. The van der Waals surface area contributed by atoms with Gasteiger partial charge in [0.05, 0.1) is 22.7 Å². The van der Waals surface area contributed by atoms with Gasteiger partial charge in [0.15, 0.2) is 0 Å². The summed E-state index contributed by atoms with van der Waals surface area (Å²) in [6, 6.07) is 5.42. The molecule has 1 atom stereocenters. The number of aromatic nitrogens is 4. The predicted molar refractivity (Wildman–Crippen MR) is 125 cm³/mol. The molecule has 4 rings (SSSR count). The quantitative estimate of drug-likeness (QED) is 0.560. The fraction of sp³-hybridized carbons (Fsp3) is 0.300. The van der Waals surface area contributed by atoms with Crippen LogP contribution in [0.2, 0.25) is 10.0 Å². The van der Waals surface area contributed by atoms with Gasteiger partial charge in [0.2, 0.25) is 5.95 Å². The molecule has 1 amide bonds. The van der Waals surface area contributed by atoms with Crippen molar-refractivity contribution in [3.8, 4) is 5.82 Å². The van der Waals surface area contributed by atoms with E-state index >= 15 is 0 Å². The summed E-state index contributed by atoms with van der Waals surface area (Å²) in [5, 5.41) is 7.02. The molecule has 31 heavy (non-hydrogen) atoms. The second-order valence-corrected chi connectivity index (χ2v) is 7.82. The molecule has 0 spiro atoms. The van der Waals surface area contributed by atoms with Gasteiger partial charge in [0.25, 0.3) is 5.91 Å². The number of halogens is 2. The second kappa shape index (κ2) is 10.3. The van der Waals surface area contributed by atoms with Crippen LogP contribution in [0, 0.1) is 6.92 Å². The lowest BCUT2D eigenvalue weighted by molar-refractivity contribution is 0.0946. The Kier molecular flexibility index (Phi) is 7.77. The molecule has 1 fully saturated rings. The van der Waals surface area contributed by atoms with Gasteiger partial charge in [-0.3, -0.25) is 9.36 Å². The summed E-state index contributed by atoms with van der Waals surface area (Å²) in [4.78, 5) is 25.6. The Hall–Kier alpha value is -2.33. The van der Waals surface area contributed by atoms with Gasteiger partial charge in [0, 0.05) is 31.1 Å². The van der Waals surface area contributed by atoms with Crippen LogP contribution in [-0.4, -0.2) is 44.7 Å². The monoisotopic (exact) mass is 480 g/mol. The van der Waals surface area contributed by atoms with Crippen molar-refractivity contribution in [3.63, 3.8) is 0 Å². The van der Waals surface area contributed by atoms with Gasteiger partial charge in [-0.25, -0.2) is 9.97 Å². The molecule has 1 aliphatic heterocycles. The van der Waals surface area contributed by atoms with Gasteiger partial charge in [-0.1, -0.05) is 29.3 Å². The van der Waals surface area contributed by atoms with E-state index < -0.39 is 0 Å². The minimum atomic E-state index is -0.298. The second-order valence-electron chi connectivity index (χ2n) is 7.00. The van der Waals surface area contributed by atoms with Crippen molar-refractivity contribution in [2.75, 3.05) is 18.5 Å². The van der Waals surface area contributed by atoms with E-state index in [2.05, 4.69) is 25.6 Å². The predicted octanol–water partition coefficient (Wildman–Crippen LogP) is 3.52. The summed E-state index contributed by atoms with van der Waals surface area (Å²) in [5.41, 5.74) is 1.99. The molecule has 8 nitrogen and oxygen atoms in total. The third-order valence-corrected chi connectivity index (χ3v) is 5.44. The summed E-state index contributed by atoms with van der Waals surface area (Å²) in [6.07, 6.45) is 5.86. The van der Waals surface area contributed by atoms with E-state index in [0.29, 0.717) is 35.0 Å². The van der Waals surface area contributed by atoms with Gasteiger partial charge in [0.1, 0.15) is 17.8 Å². The highest BCUT2D eigenvalue weighted by atomic mass is 35.5. The molecule has 3 heterocycles. The van der Waals surface area contributed by atoms with Crippen molar-refractivity contribution in [1.82, 2.24) is 24.8 Å². The zero-order chi connectivity index (χ0) is 21.1. The van der Waals surface area contributed by atoms with E-state index in [4.69, 9.17) is 27.9 Å². The third kappa shape index (κ3) is 5.68. The summed E-state index contributed by atoms with van der Waals surface area (Å²) >= 11 is 11.9. The van der Waals surface area contributed by atoms with Crippen LogP contribution < -0.4 is 10.6 Å². The van der Waals surface area contributed by atoms with Gasteiger partial charge in [-0.2, -0.15) is 18.5 Å². The van der Waals surface area contributed by atoms with Crippen LogP contribution in [0.3, 0.4) is 0 Å². The van der Waals surface area contributed by atoms with Crippen LogP contribution in [0.25, 0.3) is 5.82 Å². The minimum Gasteiger partial charge on any atom is -0.379 e. The summed E-state index contributed by atoms with van der Waals surface area (Å²) in [6.45, 7) is 3.59. The first-order chi connectivity index (χ1) is 14.5. The van der Waals surface area contributed by atoms with Crippen molar-refractivity contribution >= 4 is 48.6 Å². The zero-order valence-electron chi connectivity index (χ0n) is 16.7. The molecule has 0 saturated carbocycles. The van der Waals surface area contributed by atoms with Crippen LogP contribution in [0.15, 0.2) is 36.9 Å². The summed E-state index contributed by atoms with van der Waals surface area (Å²) in [5.74, 6) is 0.876. The maximum Gasteiger partial charge on any atom is 0.271 e. The topological polar surface area (TPSA) is 94.0 Å². The lowest BCUT2D eigenvalue weighted by Crippen LogP contribution is -2.23. The number of hydrogen-bond donors (Lipinski definition) is 2. The molecule has 1 saturated heterocycles. The smallest absolute Gasteiger partial charge is 0.271 e. The van der Waals surface area contributed by atoms with E-state index in [1.165, 1.54) is 0 Å². The number of carbonyl (C=O) groups excluding carboxylic acids is 1. The number of nitrogens with zero attached hydrogens (tertiary/aromatic N) is 4. The molecule has 0 aliphatic carbocycles. The maximum atomic E-state index is 12.5. The van der Waals surface area contributed by atoms with Crippen LogP contribution in [-0.2, 0) is 11.3 Å². The van der Waals surface area contributed by atoms with Crippen molar-refractivity contribution in [2.45, 2.75) is 25.9 Å². The standard InChI is InChI=1S/C20H20Cl2N6O2.H2S/c1-12-7-24-20(26-14-4-5-30-10-14)27-18(12)28-9-17(25-11-28)19(29)23-8-13-2-3-15(21)16(22)6-13;/h2-3,6-7,9,11,14H,4-5,8,10H2,1H3,(H,23,29)(H,24,26,27);1H2/t14-;/m0./s1. The first-order valence-electron chi connectivity index (χ1n) is 9.44. The molecule has 0 unspecified atom stereocenters. The summed E-state index contributed by atoms with van der Waals surface area (Å²) in [7, 11) is 0. The molecule has 1 aliphatic rings. The lowest BCUT2D eigenvalue weighted by Gasteiger charge is -2.12. The number of anilines is 1. The number of rotatable bonds is 6. The Bertz CT molecular complexity index is 1070. The van der Waals surface area contributed by atoms with Crippen molar-refractivity contribution < 1.29 is 9.53 Å². The van der Waals surface area contributed by atoms with E-state index in [1.807, 2.05) is 6.92 Å². The van der Waals surface area contributed by atoms with Crippen molar-refractivity contribution in [2.24, 2.45) is 0 Å². The summed E-state index contributed by atoms with van der Waals surface area (Å²) < 4.78 is 7.08. The average Bonchev–Trinajstić information content (AvgIpc) is 3.42. The highest BCUT2D eigenvalue weighted by molar-refractivity contribution is 7.59. The fourth-order valence-corrected chi connectivity index (χ4v) is 3.39. The number of amides is 1. The fourth-order valence-electron chi connectivity index (χ4n) is 3.07. The zero-order valence-corrected chi connectivity index (χ0v) is 19.2. The Morgan fingerprint density at radius 2 is 2.13 bits per heavy atom. The van der Waals surface area contributed by atoms with Gasteiger partial charge >= 0.3 is 0 Å². The van der Waals surface area contributed by atoms with E-state index in [0.717, 1.165) is 24.2 Å². The molecule has 2 aromatic heterocycles. The Morgan fingerprint density at radius 3 is 2.87 bits per heavy atom. The number of hydrogen-bond acceptors (Lipinski definition) is 6. The Labute approximate surface area is 196 Å². The lowest BCUT2D eigenvalue weighted by atomic mass is 10.2. The first kappa shape index (κ1) is 23.3. The van der Waals surface area contributed by atoms with Crippen LogP contribution in [0.4, 0.5) is 5.95 Å². The molecular weight excluding hydrogens is 459 g/mol. The van der Waals surface area contributed by atoms with E-state index in [9.17, 15) is 4.79 Å². The molecule has 1 aromatic carbocycles. The van der Waals surface area contributed by atoms with Crippen LogP contribution in [0.5, 0.6) is 0 Å². The number of aryl methyl sites for hydroxylation is 1. The van der Waals surface area contributed by atoms with Crippen molar-refractivity contribution in [1.29, 1.82) is 0 Å². The average molecular weight is 481 g/mol. The number of carbonyl (C=O) groups is 1. The van der Waals surface area contributed by atoms with E-state index in [-0.39, 0.29) is 31.1 Å². The molecule has 0 bridgehead atoms. The third-order valence-electron chi connectivity index (χ3n) is 4.70. The number of imidazole rings is 1. The van der Waals surface area contributed by atoms with Gasteiger partial charge < -0.3 is 15.4 Å². The molecule has 0 radical (unpaired) electrons. The van der Waals surface area contributed by atoms with Gasteiger partial charge in [-0.15, -0.1) is 0 Å². The Balaban J connectivity index is 0.00000272. The normalized spacial score (nSPS) is 15.4. The molecule has 2 N–H and O–H groups in total. The van der Waals surface area contributed by atoms with E-state index in [1.54, 1.807) is 41.5 Å². The Morgan fingerprint density at radius 1 is 1.29 bits per heavy atom. The molecular formula is C20H22Cl2N6O2S. The largest absolute Gasteiger partial charge is 0.379 e. The van der Waals surface area contributed by atoms with Gasteiger partial charge in [-0.05, 0) is 31.0 Å². The van der Waals surface area contributed by atoms with Crippen LogP contribution >= 0.6 is 36.7 Å². The highest BCUT2D eigenvalue weighted by Gasteiger charge is 2.17. The molecule has 11 heteroatoms. The minimum absolute atomic E-state index is 0. The number of benzene rings is 1. The van der Waals surface area contributed by atoms with Crippen LogP contribution in [0.1, 0.15) is 28.0 Å². The van der Waals surface area contributed by atoms with Crippen molar-refractivity contribution in [3.05, 3.63) is 63.8 Å². The SMILES string of the molecule is Cc1cnc(N[C@H]2CCOC2)nc1-n1cnc(C(=O)NCc2ccc(Cl)c(Cl)c2)c1.S. The first-order valence-corrected chi connectivity index (χ1v) is 10.2. The molecule has 3 aromatic rings. The maximum absolute atomic E-state index is 12.5. The number of ether oxygens (including phenoxy) is 1. The molecule has 164 valence electrons. The highest BCUT2D eigenvalue weighted by Crippen LogP contribution is 2.22.